The molecule has 4 rings (SSSR count). The van der Waals surface area contributed by atoms with E-state index in [1.165, 1.54) is 28.7 Å². The molecule has 38 heavy (non-hydrogen) atoms. The third-order valence-electron chi connectivity index (χ3n) is 6.41. The summed E-state index contributed by atoms with van der Waals surface area (Å²) in [6.07, 6.45) is 3.51. The third kappa shape index (κ3) is 5.59. The minimum atomic E-state index is -1.19. The average Bonchev–Trinajstić information content (AvgIpc) is 3.65. The Morgan fingerprint density at radius 3 is 2.63 bits per heavy atom. The Morgan fingerprint density at radius 1 is 1.32 bits per heavy atom. The summed E-state index contributed by atoms with van der Waals surface area (Å²) in [6.45, 7) is 9.25. The molecule has 2 fully saturated rings. The molecule has 0 radical (unpaired) electrons. The Bertz CT molecular complexity index is 1310. The number of amidine groups is 1. The van der Waals surface area contributed by atoms with Gasteiger partial charge in [0.2, 0.25) is 5.91 Å². The maximum absolute atomic E-state index is 13.8. The number of aliphatic imine (C=N–C) groups is 2. The highest BCUT2D eigenvalue weighted by molar-refractivity contribution is 6.34. The summed E-state index contributed by atoms with van der Waals surface area (Å²) in [7, 11) is 1.50. The topological polar surface area (TPSA) is 146 Å². The summed E-state index contributed by atoms with van der Waals surface area (Å²) in [5.41, 5.74) is -2.35. The van der Waals surface area contributed by atoms with E-state index in [2.05, 4.69) is 32.7 Å². The highest BCUT2D eigenvalue weighted by atomic mass is 35.5. The average molecular weight is 546 g/mol. The van der Waals surface area contributed by atoms with Crippen molar-refractivity contribution < 1.29 is 19.1 Å². The van der Waals surface area contributed by atoms with E-state index in [1.54, 1.807) is 20.8 Å². The minimum absolute atomic E-state index is 0.0175. The number of carbonyl (C=O) groups excluding carboxylic acids is 3. The second-order valence-corrected chi connectivity index (χ2v) is 11.0. The lowest BCUT2D eigenvalue weighted by molar-refractivity contribution is -0.121. The van der Waals surface area contributed by atoms with Gasteiger partial charge in [-0.05, 0) is 59.2 Å². The number of amides is 3. The first-order valence-electron chi connectivity index (χ1n) is 12.4. The molecule has 3 aliphatic rings. The van der Waals surface area contributed by atoms with Crippen LogP contribution in [0.2, 0.25) is 5.02 Å². The third-order valence-corrected chi connectivity index (χ3v) is 6.70. The highest BCUT2D eigenvalue weighted by Crippen LogP contribution is 2.35. The van der Waals surface area contributed by atoms with E-state index < -0.39 is 28.8 Å². The predicted octanol–water partition coefficient (Wildman–Crippen LogP) is 2.44. The van der Waals surface area contributed by atoms with Gasteiger partial charge in [0.1, 0.15) is 34.3 Å². The van der Waals surface area contributed by atoms with Crippen molar-refractivity contribution in [2.75, 3.05) is 25.5 Å². The van der Waals surface area contributed by atoms with Crippen LogP contribution in [0.4, 0.5) is 10.5 Å². The number of anilines is 1. The smallest absolute Gasteiger partial charge is 0.410 e. The number of hydrogen-bond donors (Lipinski definition) is 3. The largest absolute Gasteiger partial charge is 0.444 e. The number of hydrogen-bond acceptors (Lipinski definition) is 7. The number of likely N-dealkylation sites (tertiary alicyclic amines) is 1. The van der Waals surface area contributed by atoms with Crippen molar-refractivity contribution in [3.63, 3.8) is 0 Å². The Labute approximate surface area is 225 Å². The first-order valence-corrected chi connectivity index (χ1v) is 12.7. The van der Waals surface area contributed by atoms with Crippen LogP contribution in [0.25, 0.3) is 0 Å². The van der Waals surface area contributed by atoms with Crippen LogP contribution >= 0.6 is 11.6 Å². The Hall–Kier alpha value is -3.67. The SMILES string of the molecule is C=N/C(=C\C(=N/C)Nc1cc(Cl)c2n(c1=O)C1(CCCN(C(=O)OC(C)(C)C)C1)NC2=O)NC(=O)C1CC1. The molecule has 2 aliphatic heterocycles. The van der Waals surface area contributed by atoms with Gasteiger partial charge >= 0.3 is 6.09 Å². The molecule has 204 valence electrons. The molecule has 1 saturated carbocycles. The molecule has 1 atom stereocenters. The lowest BCUT2D eigenvalue weighted by Crippen LogP contribution is -2.59. The number of pyridine rings is 1. The van der Waals surface area contributed by atoms with Crippen LogP contribution in [0.15, 0.2) is 32.7 Å². The lowest BCUT2D eigenvalue weighted by atomic mass is 9.98. The molecule has 1 unspecified atom stereocenters. The number of carbonyl (C=O) groups is 3. The number of ether oxygens (including phenoxy) is 1. The number of aromatic nitrogens is 1. The Balaban J connectivity index is 1.66. The van der Waals surface area contributed by atoms with Crippen molar-refractivity contribution in [3.8, 4) is 0 Å². The van der Waals surface area contributed by atoms with Crippen molar-refractivity contribution >= 4 is 47.7 Å². The summed E-state index contributed by atoms with van der Waals surface area (Å²) < 4.78 is 6.83. The van der Waals surface area contributed by atoms with E-state index in [-0.39, 0.29) is 46.4 Å². The first-order chi connectivity index (χ1) is 17.9. The lowest BCUT2D eigenvalue weighted by Gasteiger charge is -2.41. The van der Waals surface area contributed by atoms with E-state index >= 15 is 0 Å². The number of nitrogens with zero attached hydrogens (tertiary/aromatic N) is 4. The van der Waals surface area contributed by atoms with Gasteiger partial charge in [-0.25, -0.2) is 9.79 Å². The summed E-state index contributed by atoms with van der Waals surface area (Å²) in [5, 5.41) is 8.56. The number of halogens is 1. The number of nitrogens with one attached hydrogen (secondary N) is 3. The van der Waals surface area contributed by atoms with Crippen LogP contribution in [-0.2, 0) is 15.2 Å². The summed E-state index contributed by atoms with van der Waals surface area (Å²) in [5.74, 6) is -0.307. The fourth-order valence-corrected chi connectivity index (χ4v) is 4.82. The van der Waals surface area contributed by atoms with Gasteiger partial charge in [-0.2, -0.15) is 0 Å². The zero-order valence-corrected chi connectivity index (χ0v) is 22.6. The van der Waals surface area contributed by atoms with Crippen LogP contribution < -0.4 is 21.5 Å². The van der Waals surface area contributed by atoms with Gasteiger partial charge in [0, 0.05) is 25.6 Å². The van der Waals surface area contributed by atoms with Crippen molar-refractivity contribution in [3.05, 3.63) is 39.0 Å². The maximum atomic E-state index is 13.8. The van der Waals surface area contributed by atoms with Crippen molar-refractivity contribution in [1.82, 2.24) is 20.1 Å². The van der Waals surface area contributed by atoms with Crippen molar-refractivity contribution in [1.29, 1.82) is 0 Å². The fourth-order valence-electron chi connectivity index (χ4n) is 4.54. The molecule has 3 N–H and O–H groups in total. The molecule has 12 nitrogen and oxygen atoms in total. The van der Waals surface area contributed by atoms with E-state index in [9.17, 15) is 19.2 Å². The first kappa shape index (κ1) is 27.4. The van der Waals surface area contributed by atoms with Gasteiger partial charge in [0.25, 0.3) is 11.5 Å². The molecule has 1 saturated heterocycles. The summed E-state index contributed by atoms with van der Waals surface area (Å²) in [6, 6.07) is 1.35. The molecule has 1 spiro atoms. The molecule has 1 aromatic rings. The monoisotopic (exact) mass is 545 g/mol. The number of rotatable bonds is 5. The van der Waals surface area contributed by atoms with Gasteiger partial charge in [-0.3, -0.25) is 23.9 Å². The standard InChI is InChI=1S/C25H32ClN7O5/c1-24(2,3)38-23(37)32-10-6-9-25(13-32)31-21(35)19-15(26)11-16(22(36)33(19)25)29-17(27-4)12-18(28-5)30-20(34)14-7-8-14/h11-12,14H,5-10,13H2,1-4H3,(H,27,29)(H,30,34)(H,31,35)/b18-12+. The number of piperidine rings is 1. The summed E-state index contributed by atoms with van der Waals surface area (Å²) in [4.78, 5) is 61.1. The molecule has 1 aliphatic carbocycles. The normalized spacial score (nSPS) is 21.6. The van der Waals surface area contributed by atoms with E-state index in [0.29, 0.717) is 19.4 Å². The molecule has 0 bridgehead atoms. The van der Waals surface area contributed by atoms with Crippen molar-refractivity contribution in [2.24, 2.45) is 15.9 Å². The zero-order valence-electron chi connectivity index (χ0n) is 21.9. The van der Waals surface area contributed by atoms with Crippen LogP contribution in [0.3, 0.4) is 0 Å². The van der Waals surface area contributed by atoms with Crippen LogP contribution in [0, 0.1) is 5.92 Å². The van der Waals surface area contributed by atoms with Crippen LogP contribution in [-0.4, -0.2) is 65.7 Å². The Kier molecular flexibility index (Phi) is 7.37. The van der Waals surface area contributed by atoms with Gasteiger partial charge in [-0.1, -0.05) is 11.6 Å². The predicted molar refractivity (Wildman–Crippen MR) is 144 cm³/mol. The van der Waals surface area contributed by atoms with Crippen LogP contribution in [0.1, 0.15) is 56.9 Å². The van der Waals surface area contributed by atoms with Gasteiger partial charge in [0.15, 0.2) is 0 Å². The van der Waals surface area contributed by atoms with Gasteiger partial charge in [0.05, 0.1) is 11.6 Å². The summed E-state index contributed by atoms with van der Waals surface area (Å²) >= 11 is 6.49. The fraction of sp³-hybridized carbons (Fsp3) is 0.520. The number of fused-ring (bicyclic) bond motifs is 2. The molecule has 1 aromatic heterocycles. The Morgan fingerprint density at radius 2 is 2.03 bits per heavy atom. The molecule has 13 heteroatoms. The quantitative estimate of drug-likeness (QED) is 0.382. The molecule has 3 amide bonds. The van der Waals surface area contributed by atoms with Crippen LogP contribution in [0.5, 0.6) is 0 Å². The molecular weight excluding hydrogens is 514 g/mol. The second-order valence-electron chi connectivity index (χ2n) is 10.6. The maximum Gasteiger partial charge on any atom is 0.410 e. The molecule has 0 aromatic carbocycles. The minimum Gasteiger partial charge on any atom is -0.444 e. The highest BCUT2D eigenvalue weighted by Gasteiger charge is 2.49. The van der Waals surface area contributed by atoms with E-state index in [4.69, 9.17) is 16.3 Å². The van der Waals surface area contributed by atoms with E-state index in [1.807, 2.05) is 0 Å². The van der Waals surface area contributed by atoms with Gasteiger partial charge in [-0.15, -0.1) is 0 Å². The second kappa shape index (κ2) is 10.2. The van der Waals surface area contributed by atoms with E-state index in [0.717, 1.165) is 12.8 Å². The molecular formula is C25H32ClN7O5. The van der Waals surface area contributed by atoms with Crippen molar-refractivity contribution in [2.45, 2.75) is 57.7 Å². The molecule has 3 heterocycles. The zero-order chi connectivity index (χ0) is 27.8. The van der Waals surface area contributed by atoms with Gasteiger partial charge < -0.3 is 25.6 Å².